The number of benzene rings is 1. The lowest BCUT2D eigenvalue weighted by Crippen LogP contribution is -2.36. The van der Waals surface area contributed by atoms with E-state index in [2.05, 4.69) is 56.7 Å². The maximum Gasteiger partial charge on any atom is 0.191 e. The van der Waals surface area contributed by atoms with Crippen molar-refractivity contribution >= 4 is 33.2 Å². The molecule has 0 aliphatic carbocycles. The number of ether oxygens (including phenoxy) is 2. The summed E-state index contributed by atoms with van der Waals surface area (Å²) in [4.78, 5) is 5.52. The van der Waals surface area contributed by atoms with E-state index in [9.17, 15) is 0 Å². The second kappa shape index (κ2) is 10.4. The largest absolute Gasteiger partial charge is 0.491 e. The van der Waals surface area contributed by atoms with Crippen LogP contribution in [0, 0.1) is 6.92 Å². The summed E-state index contributed by atoms with van der Waals surface area (Å²) in [6, 6.07) is 10.4. The van der Waals surface area contributed by atoms with Gasteiger partial charge in [-0.1, -0.05) is 12.1 Å². The average molecular weight is 426 g/mol. The number of thiophene rings is 1. The summed E-state index contributed by atoms with van der Waals surface area (Å²) in [5, 5.41) is 6.65. The van der Waals surface area contributed by atoms with E-state index >= 15 is 0 Å². The first-order valence-corrected chi connectivity index (χ1v) is 9.63. The van der Waals surface area contributed by atoms with Crippen molar-refractivity contribution in [1.82, 2.24) is 10.6 Å². The van der Waals surface area contributed by atoms with E-state index in [-0.39, 0.29) is 0 Å². The molecule has 0 saturated carbocycles. The van der Waals surface area contributed by atoms with Crippen molar-refractivity contribution in [3.63, 3.8) is 0 Å². The number of rotatable bonds is 8. The maximum atomic E-state index is 5.83. The van der Waals surface area contributed by atoms with Gasteiger partial charge in [-0.15, -0.1) is 11.3 Å². The third-order valence-electron chi connectivity index (χ3n) is 3.50. The van der Waals surface area contributed by atoms with Gasteiger partial charge in [-0.2, -0.15) is 0 Å². The van der Waals surface area contributed by atoms with Crippen LogP contribution in [0.1, 0.15) is 16.0 Å². The molecule has 136 valence electrons. The fraction of sp³-hybridized carbons (Fsp3) is 0.389. The molecule has 25 heavy (non-hydrogen) atoms. The minimum absolute atomic E-state index is 0.535. The molecular weight excluding hydrogens is 402 g/mol. The highest BCUT2D eigenvalue weighted by Gasteiger charge is 2.06. The fourth-order valence-electron chi connectivity index (χ4n) is 2.19. The molecule has 2 rings (SSSR count). The Labute approximate surface area is 161 Å². The highest BCUT2D eigenvalue weighted by atomic mass is 79.9. The lowest BCUT2D eigenvalue weighted by Gasteiger charge is -2.15. The van der Waals surface area contributed by atoms with Crippen LogP contribution < -0.4 is 15.4 Å². The number of aryl methyl sites for hydroxylation is 1. The Balaban J connectivity index is 1.91. The summed E-state index contributed by atoms with van der Waals surface area (Å²) in [7, 11) is 3.44. The number of nitrogens with one attached hydrogen (secondary N) is 2. The number of aliphatic imine (C=N–C) groups is 1. The summed E-state index contributed by atoms with van der Waals surface area (Å²) in [5.41, 5.74) is 2.26. The van der Waals surface area contributed by atoms with E-state index in [1.165, 1.54) is 10.4 Å². The summed E-state index contributed by atoms with van der Waals surface area (Å²) in [5.74, 6) is 1.63. The lowest BCUT2D eigenvalue weighted by molar-refractivity contribution is 0.145. The highest BCUT2D eigenvalue weighted by Crippen LogP contribution is 2.22. The SMILES string of the molecule is CN=C(NCc1ccc(Br)s1)NCc1ccc(C)cc1OCCOC. The molecule has 1 aromatic carbocycles. The number of hydrogen-bond acceptors (Lipinski definition) is 4. The molecule has 7 heteroatoms. The van der Waals surface area contributed by atoms with Crippen LogP contribution in [0.5, 0.6) is 5.75 Å². The van der Waals surface area contributed by atoms with Crippen molar-refractivity contribution in [2.45, 2.75) is 20.0 Å². The van der Waals surface area contributed by atoms with E-state index in [1.807, 2.05) is 12.1 Å². The van der Waals surface area contributed by atoms with Crippen LogP contribution in [-0.2, 0) is 17.8 Å². The molecule has 1 aromatic heterocycles. The third kappa shape index (κ3) is 6.68. The summed E-state index contributed by atoms with van der Waals surface area (Å²) in [6.07, 6.45) is 0. The molecule has 2 N–H and O–H groups in total. The zero-order chi connectivity index (χ0) is 18.1. The predicted molar refractivity (Wildman–Crippen MR) is 108 cm³/mol. The summed E-state index contributed by atoms with van der Waals surface area (Å²) < 4.78 is 12.0. The topological polar surface area (TPSA) is 54.9 Å². The molecule has 0 fully saturated rings. The first-order valence-electron chi connectivity index (χ1n) is 8.02. The van der Waals surface area contributed by atoms with Gasteiger partial charge in [0.15, 0.2) is 5.96 Å². The van der Waals surface area contributed by atoms with Gasteiger partial charge in [0.2, 0.25) is 0 Å². The van der Waals surface area contributed by atoms with Gasteiger partial charge in [0.05, 0.1) is 16.9 Å². The van der Waals surface area contributed by atoms with E-state index < -0.39 is 0 Å². The summed E-state index contributed by atoms with van der Waals surface area (Å²) >= 11 is 5.19. The number of hydrogen-bond donors (Lipinski definition) is 2. The second-order valence-corrected chi connectivity index (χ2v) is 7.99. The quantitative estimate of drug-likeness (QED) is 0.384. The minimum Gasteiger partial charge on any atom is -0.491 e. The van der Waals surface area contributed by atoms with Crippen LogP contribution in [0.15, 0.2) is 39.1 Å². The van der Waals surface area contributed by atoms with Gasteiger partial charge in [0, 0.05) is 31.1 Å². The molecule has 0 saturated heterocycles. The molecule has 2 aromatic rings. The predicted octanol–water partition coefficient (Wildman–Crippen LogP) is 3.71. The van der Waals surface area contributed by atoms with Gasteiger partial charge in [0.25, 0.3) is 0 Å². The molecule has 1 heterocycles. The molecule has 0 radical (unpaired) electrons. The van der Waals surface area contributed by atoms with Crippen LogP contribution in [0.2, 0.25) is 0 Å². The molecule has 0 atom stereocenters. The lowest BCUT2D eigenvalue weighted by atomic mass is 10.1. The van der Waals surface area contributed by atoms with Crippen molar-refractivity contribution in [3.05, 3.63) is 50.1 Å². The van der Waals surface area contributed by atoms with Gasteiger partial charge in [0.1, 0.15) is 12.4 Å². The molecule has 0 aliphatic heterocycles. The van der Waals surface area contributed by atoms with Gasteiger partial charge in [-0.3, -0.25) is 4.99 Å². The number of guanidine groups is 1. The Hall–Kier alpha value is -1.57. The Morgan fingerprint density at radius 2 is 1.96 bits per heavy atom. The van der Waals surface area contributed by atoms with Crippen molar-refractivity contribution in [3.8, 4) is 5.75 Å². The van der Waals surface area contributed by atoms with E-state index in [0.29, 0.717) is 19.8 Å². The van der Waals surface area contributed by atoms with Crippen LogP contribution >= 0.6 is 27.3 Å². The smallest absolute Gasteiger partial charge is 0.191 e. The molecular formula is C18H24BrN3O2S. The van der Waals surface area contributed by atoms with Gasteiger partial charge in [-0.25, -0.2) is 0 Å². The average Bonchev–Trinajstić information content (AvgIpc) is 3.02. The van der Waals surface area contributed by atoms with Crippen LogP contribution in [-0.4, -0.2) is 33.3 Å². The Bertz CT molecular complexity index is 703. The van der Waals surface area contributed by atoms with Gasteiger partial charge in [-0.05, 0) is 46.6 Å². The van der Waals surface area contributed by atoms with E-state index in [4.69, 9.17) is 9.47 Å². The van der Waals surface area contributed by atoms with Crippen LogP contribution in [0.3, 0.4) is 0 Å². The standard InChI is InChI=1S/C18H24BrN3O2S/c1-13-4-5-14(16(10-13)24-9-8-23-3)11-21-18(20-2)22-12-15-6-7-17(19)25-15/h4-7,10H,8-9,11-12H2,1-3H3,(H2,20,21,22). The zero-order valence-electron chi connectivity index (χ0n) is 14.8. The van der Waals surface area contributed by atoms with Crippen LogP contribution in [0.25, 0.3) is 0 Å². The Morgan fingerprint density at radius 1 is 1.16 bits per heavy atom. The monoisotopic (exact) mass is 425 g/mol. The second-order valence-electron chi connectivity index (χ2n) is 5.44. The fourth-order valence-corrected chi connectivity index (χ4v) is 3.62. The zero-order valence-corrected chi connectivity index (χ0v) is 17.2. The van der Waals surface area contributed by atoms with Gasteiger partial charge >= 0.3 is 0 Å². The van der Waals surface area contributed by atoms with E-state index in [1.54, 1.807) is 25.5 Å². The molecule has 0 spiro atoms. The molecule has 0 bridgehead atoms. The first kappa shape index (κ1) is 19.8. The van der Waals surface area contributed by atoms with Crippen molar-refractivity contribution in [2.24, 2.45) is 4.99 Å². The van der Waals surface area contributed by atoms with Crippen molar-refractivity contribution in [2.75, 3.05) is 27.4 Å². The normalized spacial score (nSPS) is 11.4. The number of methoxy groups -OCH3 is 1. The first-order chi connectivity index (χ1) is 12.1. The third-order valence-corrected chi connectivity index (χ3v) is 5.12. The molecule has 0 amide bonds. The molecule has 5 nitrogen and oxygen atoms in total. The van der Waals surface area contributed by atoms with Gasteiger partial charge < -0.3 is 20.1 Å². The van der Waals surface area contributed by atoms with Crippen molar-refractivity contribution in [1.29, 1.82) is 0 Å². The van der Waals surface area contributed by atoms with E-state index in [0.717, 1.165) is 27.6 Å². The number of halogens is 1. The summed E-state index contributed by atoms with van der Waals surface area (Å²) in [6.45, 7) is 4.53. The highest BCUT2D eigenvalue weighted by molar-refractivity contribution is 9.11. The Morgan fingerprint density at radius 3 is 2.64 bits per heavy atom. The van der Waals surface area contributed by atoms with Crippen LogP contribution in [0.4, 0.5) is 0 Å². The Kier molecular flexibility index (Phi) is 8.24. The minimum atomic E-state index is 0.535. The van der Waals surface area contributed by atoms with Crippen molar-refractivity contribution < 1.29 is 9.47 Å². The molecule has 0 aliphatic rings. The molecule has 0 unspecified atom stereocenters. The number of nitrogens with zero attached hydrogens (tertiary/aromatic N) is 1. The maximum absolute atomic E-state index is 5.83.